The molecule has 0 saturated carbocycles. The molecule has 0 radical (unpaired) electrons. The summed E-state index contributed by atoms with van der Waals surface area (Å²) in [7, 11) is -2.55. The number of hydrogen-bond acceptors (Lipinski definition) is 3. The summed E-state index contributed by atoms with van der Waals surface area (Å²) in [6.07, 6.45) is 5.30. The average Bonchev–Trinajstić information content (AvgIpc) is 2.52. The Morgan fingerprint density at radius 1 is 1.00 bits per heavy atom. The van der Waals surface area contributed by atoms with Crippen LogP contribution in [-0.4, -0.2) is 25.7 Å². The van der Waals surface area contributed by atoms with E-state index >= 15 is 0 Å². The Balaban J connectivity index is 0.000000262. The highest BCUT2D eigenvalue weighted by Crippen LogP contribution is 2.08. The lowest BCUT2D eigenvalue weighted by atomic mass is 10.1. The third kappa shape index (κ3) is 8.60. The van der Waals surface area contributed by atoms with E-state index in [1.807, 2.05) is 13.8 Å². The van der Waals surface area contributed by atoms with Crippen LogP contribution in [0.5, 0.6) is 0 Å². The summed E-state index contributed by atoms with van der Waals surface area (Å²) in [5.41, 5.74) is 0. The lowest BCUT2D eigenvalue weighted by Gasteiger charge is -1.91. The van der Waals surface area contributed by atoms with Gasteiger partial charge in [0.25, 0.3) is 0 Å². The number of Topliss-reactive ketones (excluding diaryl/α,β-unsaturated/α-hetero) is 1. The Morgan fingerprint density at radius 3 is 1.60 bits per heavy atom. The van der Waals surface area contributed by atoms with Gasteiger partial charge in [0, 0.05) is 12.8 Å². The SMILES string of the molecule is CCCC(=O)CCC.O=S1(=O)CCCC1. The molecule has 1 fully saturated rings. The maximum Gasteiger partial charge on any atom is 0.150 e. The Labute approximate surface area is 93.2 Å². The Kier molecular flexibility index (Phi) is 7.65. The molecule has 1 aliphatic heterocycles. The summed E-state index contributed by atoms with van der Waals surface area (Å²) >= 11 is 0. The first-order valence-electron chi connectivity index (χ1n) is 5.74. The highest BCUT2D eigenvalue weighted by Gasteiger charge is 2.16. The molecule has 15 heavy (non-hydrogen) atoms. The Bertz CT molecular complexity index is 248. The summed E-state index contributed by atoms with van der Waals surface area (Å²) in [5.74, 6) is 1.26. The van der Waals surface area contributed by atoms with Gasteiger partial charge in [-0.05, 0) is 25.7 Å². The molecular formula is C11H22O3S. The van der Waals surface area contributed by atoms with Gasteiger partial charge in [-0.25, -0.2) is 8.42 Å². The molecule has 1 rings (SSSR count). The first-order chi connectivity index (χ1) is 7.02. The van der Waals surface area contributed by atoms with Crippen molar-refractivity contribution in [3.8, 4) is 0 Å². The first-order valence-corrected chi connectivity index (χ1v) is 7.56. The molecule has 0 aliphatic carbocycles. The van der Waals surface area contributed by atoms with Gasteiger partial charge in [0.1, 0.15) is 15.6 Å². The minimum absolute atomic E-state index is 0.412. The van der Waals surface area contributed by atoms with Crippen LogP contribution in [0.25, 0.3) is 0 Å². The van der Waals surface area contributed by atoms with Crippen molar-refractivity contribution in [2.75, 3.05) is 11.5 Å². The molecule has 1 heterocycles. The molecule has 4 heteroatoms. The summed E-state index contributed by atoms with van der Waals surface area (Å²) in [4.78, 5) is 10.6. The van der Waals surface area contributed by atoms with Crippen molar-refractivity contribution < 1.29 is 13.2 Å². The normalized spacial score (nSPS) is 18.0. The molecule has 0 atom stereocenters. The number of carbonyl (C=O) groups is 1. The van der Waals surface area contributed by atoms with E-state index in [-0.39, 0.29) is 0 Å². The monoisotopic (exact) mass is 234 g/mol. The van der Waals surface area contributed by atoms with Crippen molar-refractivity contribution in [1.82, 2.24) is 0 Å². The zero-order valence-corrected chi connectivity index (χ0v) is 10.6. The number of ketones is 1. The molecule has 0 unspecified atom stereocenters. The second-order valence-electron chi connectivity index (χ2n) is 3.90. The summed E-state index contributed by atoms with van der Waals surface area (Å²) in [6.45, 7) is 4.07. The number of carbonyl (C=O) groups excluding carboxylic acids is 1. The Morgan fingerprint density at radius 2 is 1.40 bits per heavy atom. The van der Waals surface area contributed by atoms with Crippen molar-refractivity contribution in [1.29, 1.82) is 0 Å². The first kappa shape index (κ1) is 14.6. The zero-order chi connectivity index (χ0) is 11.7. The van der Waals surface area contributed by atoms with E-state index in [0.717, 1.165) is 38.5 Å². The second-order valence-corrected chi connectivity index (χ2v) is 6.20. The highest BCUT2D eigenvalue weighted by atomic mass is 32.2. The van der Waals surface area contributed by atoms with Crippen LogP contribution in [-0.2, 0) is 14.6 Å². The average molecular weight is 234 g/mol. The minimum Gasteiger partial charge on any atom is -0.300 e. The van der Waals surface area contributed by atoms with Crippen LogP contribution >= 0.6 is 0 Å². The second kappa shape index (κ2) is 7.85. The van der Waals surface area contributed by atoms with E-state index in [9.17, 15) is 13.2 Å². The molecule has 1 saturated heterocycles. The van der Waals surface area contributed by atoms with E-state index in [1.165, 1.54) is 0 Å². The van der Waals surface area contributed by atoms with Crippen LogP contribution in [0.3, 0.4) is 0 Å². The van der Waals surface area contributed by atoms with E-state index in [4.69, 9.17) is 0 Å². The lowest BCUT2D eigenvalue weighted by Crippen LogP contribution is -1.98. The highest BCUT2D eigenvalue weighted by molar-refractivity contribution is 7.91. The van der Waals surface area contributed by atoms with Gasteiger partial charge in [0.15, 0.2) is 0 Å². The van der Waals surface area contributed by atoms with Crippen molar-refractivity contribution in [2.24, 2.45) is 0 Å². The van der Waals surface area contributed by atoms with E-state index in [0.29, 0.717) is 17.3 Å². The predicted molar refractivity (Wildman–Crippen MR) is 62.7 cm³/mol. The fourth-order valence-electron chi connectivity index (χ4n) is 1.43. The van der Waals surface area contributed by atoms with Gasteiger partial charge in [-0.3, -0.25) is 4.79 Å². The van der Waals surface area contributed by atoms with Crippen LogP contribution in [0.2, 0.25) is 0 Å². The van der Waals surface area contributed by atoms with Crippen molar-refractivity contribution in [3.05, 3.63) is 0 Å². The third-order valence-electron chi connectivity index (χ3n) is 2.22. The van der Waals surface area contributed by atoms with Crippen LogP contribution in [0.1, 0.15) is 52.4 Å². The largest absolute Gasteiger partial charge is 0.300 e. The van der Waals surface area contributed by atoms with Gasteiger partial charge < -0.3 is 0 Å². The smallest absolute Gasteiger partial charge is 0.150 e. The standard InChI is InChI=1S/C7H14O.C4H8O2S/c1-3-5-7(8)6-4-2;5-7(6)3-1-2-4-7/h3-6H2,1-2H3;1-4H2. The van der Waals surface area contributed by atoms with Crippen molar-refractivity contribution >= 4 is 15.6 Å². The van der Waals surface area contributed by atoms with Gasteiger partial charge in [-0.2, -0.15) is 0 Å². The van der Waals surface area contributed by atoms with Crippen molar-refractivity contribution in [3.63, 3.8) is 0 Å². The fourth-order valence-corrected chi connectivity index (χ4v) is 2.92. The van der Waals surface area contributed by atoms with Gasteiger partial charge in [0.2, 0.25) is 0 Å². The van der Waals surface area contributed by atoms with E-state index < -0.39 is 9.84 Å². The van der Waals surface area contributed by atoms with E-state index in [2.05, 4.69) is 0 Å². The van der Waals surface area contributed by atoms with E-state index in [1.54, 1.807) is 0 Å². The summed E-state index contributed by atoms with van der Waals surface area (Å²) in [6, 6.07) is 0. The van der Waals surface area contributed by atoms with Gasteiger partial charge in [0.05, 0.1) is 11.5 Å². The molecule has 90 valence electrons. The van der Waals surface area contributed by atoms with Gasteiger partial charge in [-0.15, -0.1) is 0 Å². The van der Waals surface area contributed by atoms with Crippen LogP contribution in [0.15, 0.2) is 0 Å². The lowest BCUT2D eigenvalue weighted by molar-refractivity contribution is -0.119. The Hall–Kier alpha value is -0.380. The summed E-state index contributed by atoms with van der Waals surface area (Å²) < 4.78 is 20.9. The quantitative estimate of drug-likeness (QED) is 0.750. The van der Waals surface area contributed by atoms with Crippen LogP contribution in [0.4, 0.5) is 0 Å². The third-order valence-corrected chi connectivity index (χ3v) is 4.04. The van der Waals surface area contributed by atoms with Crippen LogP contribution < -0.4 is 0 Å². The number of rotatable bonds is 4. The maximum atomic E-state index is 10.6. The maximum absolute atomic E-state index is 10.6. The molecule has 0 N–H and O–H groups in total. The van der Waals surface area contributed by atoms with Crippen molar-refractivity contribution in [2.45, 2.75) is 52.4 Å². The molecule has 0 aromatic heterocycles. The topological polar surface area (TPSA) is 51.2 Å². The van der Waals surface area contributed by atoms with Crippen LogP contribution in [0, 0.1) is 0 Å². The molecular weight excluding hydrogens is 212 g/mol. The zero-order valence-electron chi connectivity index (χ0n) is 9.79. The molecule has 0 aromatic carbocycles. The molecule has 0 bridgehead atoms. The minimum atomic E-state index is -2.55. The number of sulfone groups is 1. The van der Waals surface area contributed by atoms with Gasteiger partial charge >= 0.3 is 0 Å². The number of hydrogen-bond donors (Lipinski definition) is 0. The van der Waals surface area contributed by atoms with Gasteiger partial charge in [-0.1, -0.05) is 13.8 Å². The molecule has 0 aromatic rings. The molecule has 3 nitrogen and oxygen atoms in total. The summed E-state index contributed by atoms with van der Waals surface area (Å²) in [5, 5.41) is 0. The molecule has 0 amide bonds. The molecule has 0 spiro atoms. The molecule has 1 aliphatic rings. The fraction of sp³-hybridized carbons (Fsp3) is 0.909. The predicted octanol–water partition coefficient (Wildman–Crippen LogP) is 2.35.